The van der Waals surface area contributed by atoms with Gasteiger partial charge in [0.1, 0.15) is 0 Å². The van der Waals surface area contributed by atoms with Crippen LogP contribution < -0.4 is 4.57 Å². The van der Waals surface area contributed by atoms with Crippen LogP contribution in [0.3, 0.4) is 0 Å². The summed E-state index contributed by atoms with van der Waals surface area (Å²) in [5.74, 6) is 0. The monoisotopic (exact) mass is 360 g/mol. The predicted octanol–water partition coefficient (Wildman–Crippen LogP) is 2.83. The van der Waals surface area contributed by atoms with Gasteiger partial charge < -0.3 is 0 Å². The number of benzene rings is 1. The molecule has 0 atom stereocenters. The second-order valence-corrected chi connectivity index (χ2v) is 7.38. The molecule has 0 saturated carbocycles. The fourth-order valence-electron chi connectivity index (χ4n) is 2.01. The van der Waals surface area contributed by atoms with E-state index < -0.39 is 0 Å². The van der Waals surface area contributed by atoms with Crippen molar-refractivity contribution in [3.63, 3.8) is 0 Å². The van der Waals surface area contributed by atoms with Crippen molar-refractivity contribution >= 4 is 35.4 Å². The van der Waals surface area contributed by atoms with E-state index in [1.54, 1.807) is 3.40 Å². The number of aromatic nitrogens is 1. The van der Waals surface area contributed by atoms with Gasteiger partial charge in [-0.15, -0.1) is 0 Å². The van der Waals surface area contributed by atoms with Crippen molar-refractivity contribution in [3.05, 3.63) is 33.2 Å². The molecule has 1 aromatic carbocycles. The van der Waals surface area contributed by atoms with Gasteiger partial charge in [-0.25, -0.2) is 0 Å². The Morgan fingerprint density at radius 1 is 1.22 bits per heavy atom. The summed E-state index contributed by atoms with van der Waals surface area (Å²) in [6.45, 7) is 10.4. The summed E-state index contributed by atoms with van der Waals surface area (Å²) < 4.78 is 10.8. The van der Waals surface area contributed by atoms with Crippen molar-refractivity contribution < 1.29 is 9.30 Å². The van der Waals surface area contributed by atoms with Crippen LogP contribution in [-0.2, 0) is 11.3 Å². The molecular weight excluding hydrogens is 338 g/mol. The number of rotatable bonds is 4. The average molecular weight is 358 g/mol. The van der Waals surface area contributed by atoms with Crippen molar-refractivity contribution in [3.8, 4) is 0 Å². The molecule has 0 aliphatic heterocycles. The zero-order chi connectivity index (χ0) is 13.1. The maximum atomic E-state index is 5.33. The normalized spacial score (nSPS) is 11.6. The predicted molar refractivity (Wildman–Crippen MR) is 76.9 cm³/mol. The summed E-state index contributed by atoms with van der Waals surface area (Å²) in [5.41, 5.74) is 4.21. The molecule has 0 saturated heterocycles. The van der Waals surface area contributed by atoms with Crippen LogP contribution >= 0.6 is 0 Å². The molecule has 0 fully saturated rings. The Balaban J connectivity index is 2.54. The minimum absolute atomic E-state index is 0.256. The van der Waals surface area contributed by atoms with Gasteiger partial charge in [0.25, 0.3) is 0 Å². The number of hydrogen-bond donors (Lipinski definition) is 0. The third-order valence-electron chi connectivity index (χ3n) is 3.14. The third-order valence-corrected chi connectivity index (χ3v) is 6.31. The molecule has 0 unspecified atom stereocenters. The SMILES string of the molecule is CCO/C=C/c1[te]c2cc(C)c(C)cc2[n+]1CC. The molecule has 1 aromatic heterocycles. The Hall–Kier alpha value is -0.780. The third kappa shape index (κ3) is 2.63. The van der Waals surface area contributed by atoms with E-state index in [1.807, 2.05) is 13.2 Å². The maximum absolute atomic E-state index is 5.33. The fourth-order valence-corrected chi connectivity index (χ4v) is 5.42. The number of ether oxygens (including phenoxy) is 1. The van der Waals surface area contributed by atoms with Crippen molar-refractivity contribution in [2.75, 3.05) is 6.61 Å². The molecule has 0 bridgehead atoms. The van der Waals surface area contributed by atoms with E-state index in [0.29, 0.717) is 0 Å². The van der Waals surface area contributed by atoms with E-state index in [-0.39, 0.29) is 20.4 Å². The Kier molecular flexibility index (Phi) is 4.48. The number of aryl methyl sites for hydroxylation is 3. The van der Waals surface area contributed by atoms with Crippen LogP contribution in [0.2, 0.25) is 0 Å². The van der Waals surface area contributed by atoms with Crippen molar-refractivity contribution in [1.82, 2.24) is 0 Å². The molecule has 1 heterocycles. The standard InChI is InChI=1S/C15H20NOTe/c1-5-16-13-9-11(3)12(4)10-14(13)18-15(16)7-8-17-6-2/h7-10H,5-6H2,1-4H3/q+1/b8-7+. The van der Waals surface area contributed by atoms with E-state index >= 15 is 0 Å². The Morgan fingerprint density at radius 2 is 1.94 bits per heavy atom. The van der Waals surface area contributed by atoms with Crippen molar-refractivity contribution in [1.29, 1.82) is 0 Å². The molecule has 3 heteroatoms. The van der Waals surface area contributed by atoms with Crippen molar-refractivity contribution in [2.45, 2.75) is 34.2 Å². The Morgan fingerprint density at radius 3 is 2.61 bits per heavy atom. The minimum atomic E-state index is -0.256. The quantitative estimate of drug-likeness (QED) is 0.466. The fraction of sp³-hybridized carbons (Fsp3) is 0.400. The first-order valence-electron chi connectivity index (χ1n) is 6.39. The van der Waals surface area contributed by atoms with Gasteiger partial charge in [0.05, 0.1) is 0 Å². The summed E-state index contributed by atoms with van der Waals surface area (Å²) in [6, 6.07) is 4.71. The molecule has 0 N–H and O–H groups in total. The molecule has 0 aliphatic rings. The molecule has 0 aliphatic carbocycles. The van der Waals surface area contributed by atoms with Crippen LogP contribution in [0.5, 0.6) is 0 Å². The Labute approximate surface area is 119 Å². The van der Waals surface area contributed by atoms with Gasteiger partial charge in [0.2, 0.25) is 0 Å². The number of fused-ring (bicyclic) bond motifs is 1. The van der Waals surface area contributed by atoms with Gasteiger partial charge in [0.15, 0.2) is 0 Å². The van der Waals surface area contributed by atoms with Crippen LogP contribution in [0.1, 0.15) is 28.7 Å². The van der Waals surface area contributed by atoms with E-state index in [9.17, 15) is 0 Å². The molecule has 2 aromatic rings. The first-order chi connectivity index (χ1) is 8.67. The zero-order valence-electron chi connectivity index (χ0n) is 11.5. The van der Waals surface area contributed by atoms with E-state index in [1.165, 1.54) is 20.4 Å². The second kappa shape index (κ2) is 5.91. The van der Waals surface area contributed by atoms with Crippen LogP contribution in [0.4, 0.5) is 0 Å². The van der Waals surface area contributed by atoms with E-state index in [4.69, 9.17) is 4.74 Å². The molecule has 0 radical (unpaired) electrons. The number of nitrogens with zero attached hydrogens (tertiary/aromatic N) is 1. The zero-order valence-corrected chi connectivity index (χ0v) is 13.8. The molecule has 0 spiro atoms. The van der Waals surface area contributed by atoms with Crippen LogP contribution in [0.15, 0.2) is 18.4 Å². The van der Waals surface area contributed by atoms with E-state index in [2.05, 4.69) is 43.5 Å². The van der Waals surface area contributed by atoms with Gasteiger partial charge >= 0.3 is 119 Å². The summed E-state index contributed by atoms with van der Waals surface area (Å²) in [7, 11) is 0. The van der Waals surface area contributed by atoms with Crippen LogP contribution in [0, 0.1) is 13.8 Å². The van der Waals surface area contributed by atoms with Gasteiger partial charge in [-0.05, 0) is 0 Å². The average Bonchev–Trinajstić information content (AvgIpc) is 2.67. The molecule has 96 valence electrons. The summed E-state index contributed by atoms with van der Waals surface area (Å²) >= 11 is -0.256. The first kappa shape index (κ1) is 13.6. The molecule has 0 amide bonds. The van der Waals surface area contributed by atoms with Gasteiger partial charge in [-0.3, -0.25) is 0 Å². The summed E-state index contributed by atoms with van der Waals surface area (Å²) in [5, 5.41) is 0. The molecule has 18 heavy (non-hydrogen) atoms. The molecular formula is C15H20NOTe+. The Bertz CT molecular complexity index is 584. The molecule has 2 nitrogen and oxygen atoms in total. The van der Waals surface area contributed by atoms with Crippen LogP contribution in [-0.4, -0.2) is 27.0 Å². The molecule has 2 rings (SSSR count). The van der Waals surface area contributed by atoms with Gasteiger partial charge in [-0.1, -0.05) is 0 Å². The summed E-state index contributed by atoms with van der Waals surface area (Å²) in [4.78, 5) is 0. The van der Waals surface area contributed by atoms with Gasteiger partial charge in [-0.2, -0.15) is 0 Å². The van der Waals surface area contributed by atoms with Gasteiger partial charge in [0, 0.05) is 0 Å². The number of hydrogen-bond acceptors (Lipinski definition) is 1. The topological polar surface area (TPSA) is 13.1 Å². The van der Waals surface area contributed by atoms with Crippen LogP contribution in [0.25, 0.3) is 15.0 Å². The van der Waals surface area contributed by atoms with E-state index in [0.717, 1.165) is 13.2 Å². The first-order valence-corrected chi connectivity index (χ1v) is 8.72. The second-order valence-electron chi connectivity index (χ2n) is 4.35. The van der Waals surface area contributed by atoms with Crippen molar-refractivity contribution in [2.24, 2.45) is 0 Å². The summed E-state index contributed by atoms with van der Waals surface area (Å²) in [6.07, 6.45) is 3.99.